The molecule has 1 aromatic carbocycles. The largest absolute Gasteiger partial charge is 0.301 e. The van der Waals surface area contributed by atoms with Gasteiger partial charge in [-0.05, 0) is 44.6 Å². The van der Waals surface area contributed by atoms with Gasteiger partial charge in [0.1, 0.15) is 5.78 Å². The van der Waals surface area contributed by atoms with Crippen molar-refractivity contribution in [2.24, 2.45) is 0 Å². The van der Waals surface area contributed by atoms with E-state index in [1.54, 1.807) is 0 Å². The van der Waals surface area contributed by atoms with Crippen LogP contribution in [0.2, 0.25) is 0 Å². The van der Waals surface area contributed by atoms with E-state index < -0.39 is 0 Å². The number of H-pyrrole nitrogens is 1. The average molecular weight is 356 g/mol. The van der Waals surface area contributed by atoms with Gasteiger partial charge in [0.2, 0.25) is 0 Å². The second kappa shape index (κ2) is 8.48. The molecule has 132 valence electrons. The second-order valence-electron chi connectivity index (χ2n) is 6.66. The van der Waals surface area contributed by atoms with Gasteiger partial charge in [0.05, 0.1) is 5.69 Å². The third kappa shape index (κ3) is 5.05. The van der Waals surface area contributed by atoms with Crippen LogP contribution in [0, 0.1) is 6.92 Å². The minimum atomic E-state index is 0.0164. The zero-order valence-electron chi connectivity index (χ0n) is 14.6. The smallest absolute Gasteiger partial charge is 0.254 e. The number of rotatable bonds is 7. The number of aromatic amines is 1. The molecule has 1 N–H and O–H groups in total. The average Bonchev–Trinajstić information content (AvgIpc) is 2.59. The van der Waals surface area contributed by atoms with Crippen LogP contribution < -0.4 is 5.56 Å². The standard InChI is InChI=1S/C20H24N2O2S/c1-14-6-4-7-15(12-14)13-16(23)8-5-11-25-20-21-18-10-3-2-9-17(18)19(24)22-20/h4,6-7,12H,2-3,5,8-11,13H2,1H3,(H,21,22,24). The Morgan fingerprint density at radius 3 is 2.96 bits per heavy atom. The number of nitrogens with one attached hydrogen (secondary N) is 1. The summed E-state index contributed by atoms with van der Waals surface area (Å²) in [4.78, 5) is 31.7. The lowest BCUT2D eigenvalue weighted by molar-refractivity contribution is -0.118. The molecule has 1 aromatic heterocycles. The Balaban J connectivity index is 1.46. The third-order valence-corrected chi connectivity index (χ3v) is 5.45. The van der Waals surface area contributed by atoms with E-state index in [1.807, 2.05) is 25.1 Å². The summed E-state index contributed by atoms with van der Waals surface area (Å²) in [6.07, 6.45) is 5.80. The van der Waals surface area contributed by atoms with Crippen LogP contribution in [0.5, 0.6) is 0 Å². The van der Waals surface area contributed by atoms with Crippen LogP contribution >= 0.6 is 11.8 Å². The maximum absolute atomic E-state index is 12.1. The Labute approximate surface area is 152 Å². The van der Waals surface area contributed by atoms with E-state index in [2.05, 4.69) is 16.0 Å². The molecular formula is C20H24N2O2S. The van der Waals surface area contributed by atoms with E-state index in [1.165, 1.54) is 17.3 Å². The van der Waals surface area contributed by atoms with Gasteiger partial charge >= 0.3 is 0 Å². The number of hydrogen-bond acceptors (Lipinski definition) is 4. The molecular weight excluding hydrogens is 332 g/mol. The van der Waals surface area contributed by atoms with Crippen LogP contribution in [0.4, 0.5) is 0 Å². The molecule has 0 unspecified atom stereocenters. The van der Waals surface area contributed by atoms with Gasteiger partial charge in [-0.3, -0.25) is 9.59 Å². The first-order valence-electron chi connectivity index (χ1n) is 8.94. The Kier molecular flexibility index (Phi) is 6.08. The fourth-order valence-electron chi connectivity index (χ4n) is 3.23. The SMILES string of the molecule is Cc1cccc(CC(=O)CCCSc2nc3c(c(=O)[nH]2)CCCC3)c1. The summed E-state index contributed by atoms with van der Waals surface area (Å²) in [7, 11) is 0. The van der Waals surface area contributed by atoms with Crippen LogP contribution in [0.1, 0.15) is 48.1 Å². The number of carbonyl (C=O) groups excluding carboxylic acids is 1. The summed E-state index contributed by atoms with van der Waals surface area (Å²) in [5.74, 6) is 1.06. The highest BCUT2D eigenvalue weighted by Crippen LogP contribution is 2.20. The summed E-state index contributed by atoms with van der Waals surface area (Å²) in [6, 6.07) is 8.10. The summed E-state index contributed by atoms with van der Waals surface area (Å²) in [6.45, 7) is 2.04. The first-order chi connectivity index (χ1) is 12.1. The summed E-state index contributed by atoms with van der Waals surface area (Å²) < 4.78 is 0. The monoisotopic (exact) mass is 356 g/mol. The van der Waals surface area contributed by atoms with Gasteiger partial charge in [-0.1, -0.05) is 41.6 Å². The number of aryl methyl sites for hydroxylation is 2. The zero-order valence-corrected chi connectivity index (χ0v) is 15.5. The number of fused-ring (bicyclic) bond motifs is 1. The number of aromatic nitrogens is 2. The van der Waals surface area contributed by atoms with Gasteiger partial charge in [-0.2, -0.15) is 0 Å². The van der Waals surface area contributed by atoms with Crippen molar-refractivity contribution in [3.8, 4) is 0 Å². The van der Waals surface area contributed by atoms with Gasteiger partial charge in [-0.15, -0.1) is 0 Å². The first-order valence-corrected chi connectivity index (χ1v) is 9.92. The van der Waals surface area contributed by atoms with Gasteiger partial charge in [-0.25, -0.2) is 4.98 Å². The van der Waals surface area contributed by atoms with Crippen LogP contribution in [0.25, 0.3) is 0 Å². The summed E-state index contributed by atoms with van der Waals surface area (Å²) in [5.41, 5.74) is 4.11. The van der Waals surface area contributed by atoms with Crippen molar-refractivity contribution in [2.45, 2.75) is 57.0 Å². The molecule has 0 saturated carbocycles. The molecule has 0 amide bonds. The molecule has 1 aliphatic carbocycles. The molecule has 3 rings (SSSR count). The van der Waals surface area contributed by atoms with Crippen LogP contribution in [-0.2, 0) is 24.1 Å². The normalized spacial score (nSPS) is 13.5. The summed E-state index contributed by atoms with van der Waals surface area (Å²) in [5, 5.41) is 0.691. The lowest BCUT2D eigenvalue weighted by Gasteiger charge is -2.14. The van der Waals surface area contributed by atoms with Crippen molar-refractivity contribution in [3.05, 3.63) is 57.0 Å². The molecule has 25 heavy (non-hydrogen) atoms. The fraction of sp³-hybridized carbons (Fsp3) is 0.450. The number of nitrogens with zero attached hydrogens (tertiary/aromatic N) is 1. The zero-order chi connectivity index (χ0) is 17.6. The Morgan fingerprint density at radius 2 is 2.12 bits per heavy atom. The number of carbonyl (C=O) groups is 1. The van der Waals surface area contributed by atoms with Gasteiger partial charge in [0, 0.05) is 24.2 Å². The highest BCUT2D eigenvalue weighted by atomic mass is 32.2. The van der Waals surface area contributed by atoms with Crippen LogP contribution in [0.3, 0.4) is 0 Å². The fourth-order valence-corrected chi connectivity index (χ4v) is 4.05. The van der Waals surface area contributed by atoms with Gasteiger partial charge in [0.25, 0.3) is 5.56 Å². The van der Waals surface area contributed by atoms with E-state index in [-0.39, 0.29) is 11.3 Å². The number of ketones is 1. The number of benzene rings is 1. The molecule has 0 spiro atoms. The maximum Gasteiger partial charge on any atom is 0.254 e. The van der Waals surface area contributed by atoms with E-state index in [4.69, 9.17) is 0 Å². The Morgan fingerprint density at radius 1 is 1.28 bits per heavy atom. The van der Waals surface area contributed by atoms with E-state index in [9.17, 15) is 9.59 Å². The Hall–Kier alpha value is -1.88. The van der Waals surface area contributed by atoms with Crippen molar-refractivity contribution >= 4 is 17.5 Å². The Bertz CT molecular complexity index is 814. The second-order valence-corrected chi connectivity index (χ2v) is 7.74. The molecule has 1 aliphatic rings. The predicted molar refractivity (Wildman–Crippen MR) is 101 cm³/mol. The molecule has 0 aliphatic heterocycles. The van der Waals surface area contributed by atoms with Crippen LogP contribution in [-0.4, -0.2) is 21.5 Å². The van der Waals surface area contributed by atoms with Crippen molar-refractivity contribution < 1.29 is 4.79 Å². The summed E-state index contributed by atoms with van der Waals surface area (Å²) >= 11 is 1.54. The van der Waals surface area contributed by atoms with Crippen molar-refractivity contribution in [3.63, 3.8) is 0 Å². The van der Waals surface area contributed by atoms with Crippen molar-refractivity contribution in [1.29, 1.82) is 0 Å². The lowest BCUT2D eigenvalue weighted by atomic mass is 9.97. The predicted octanol–water partition coefficient (Wildman–Crippen LogP) is 3.64. The lowest BCUT2D eigenvalue weighted by Crippen LogP contribution is -2.21. The minimum absolute atomic E-state index is 0.0164. The number of Topliss-reactive ketones (excluding diaryl/α,β-unsaturated/α-hetero) is 1. The third-order valence-electron chi connectivity index (χ3n) is 4.49. The molecule has 1 heterocycles. The van der Waals surface area contributed by atoms with Crippen molar-refractivity contribution in [1.82, 2.24) is 9.97 Å². The van der Waals surface area contributed by atoms with E-state index in [0.29, 0.717) is 18.0 Å². The van der Waals surface area contributed by atoms with Gasteiger partial charge < -0.3 is 4.98 Å². The molecule has 4 nitrogen and oxygen atoms in total. The highest BCUT2D eigenvalue weighted by molar-refractivity contribution is 7.99. The van der Waals surface area contributed by atoms with Gasteiger partial charge in [0.15, 0.2) is 5.16 Å². The van der Waals surface area contributed by atoms with Crippen LogP contribution in [0.15, 0.2) is 34.2 Å². The molecule has 0 atom stereocenters. The molecule has 5 heteroatoms. The maximum atomic E-state index is 12.1. The highest BCUT2D eigenvalue weighted by Gasteiger charge is 2.15. The molecule has 2 aromatic rings. The topological polar surface area (TPSA) is 62.8 Å². The molecule has 0 radical (unpaired) electrons. The van der Waals surface area contributed by atoms with E-state index in [0.717, 1.165) is 54.7 Å². The van der Waals surface area contributed by atoms with E-state index >= 15 is 0 Å². The number of hydrogen-bond donors (Lipinski definition) is 1. The minimum Gasteiger partial charge on any atom is -0.301 e. The quantitative estimate of drug-likeness (QED) is 0.467. The first kappa shape index (κ1) is 17.9. The molecule has 0 bridgehead atoms. The molecule has 0 saturated heterocycles. The number of thioether (sulfide) groups is 1. The molecule has 0 fully saturated rings. The van der Waals surface area contributed by atoms with Crippen molar-refractivity contribution in [2.75, 3.05) is 5.75 Å².